The number of ketones is 1. The molecule has 0 bridgehead atoms. The van der Waals surface area contributed by atoms with E-state index in [2.05, 4.69) is 4.98 Å². The Morgan fingerprint density at radius 2 is 1.96 bits per heavy atom. The van der Waals surface area contributed by atoms with Gasteiger partial charge in [-0.25, -0.2) is 4.79 Å². The van der Waals surface area contributed by atoms with Crippen LogP contribution in [-0.2, 0) is 23.9 Å². The summed E-state index contributed by atoms with van der Waals surface area (Å²) in [5.74, 6) is -2.79. The van der Waals surface area contributed by atoms with Gasteiger partial charge in [0.25, 0.3) is 0 Å². The fourth-order valence-corrected chi connectivity index (χ4v) is 3.27. The largest absolute Gasteiger partial charge is 0.468 e. The van der Waals surface area contributed by atoms with Gasteiger partial charge in [-0.1, -0.05) is 24.3 Å². The minimum absolute atomic E-state index is 0.105. The lowest BCUT2D eigenvalue weighted by Gasteiger charge is -2.11. The van der Waals surface area contributed by atoms with Gasteiger partial charge >= 0.3 is 11.9 Å². The highest BCUT2D eigenvalue weighted by Crippen LogP contribution is 2.37. The van der Waals surface area contributed by atoms with Crippen molar-refractivity contribution < 1.29 is 23.9 Å². The van der Waals surface area contributed by atoms with Crippen LogP contribution in [0.5, 0.6) is 0 Å². The lowest BCUT2D eigenvalue weighted by molar-refractivity contribution is -0.143. The lowest BCUT2D eigenvalue weighted by atomic mass is 9.95. The Balaban J connectivity index is 2.16. The van der Waals surface area contributed by atoms with Gasteiger partial charge in [0.15, 0.2) is 5.78 Å². The van der Waals surface area contributed by atoms with Crippen LogP contribution < -0.4 is 0 Å². The number of esters is 2. The van der Waals surface area contributed by atoms with Crippen molar-refractivity contribution in [2.45, 2.75) is 13.8 Å². The molecule has 3 rings (SSSR count). The van der Waals surface area contributed by atoms with Gasteiger partial charge in [0, 0.05) is 22.7 Å². The van der Waals surface area contributed by atoms with Crippen LogP contribution in [0.25, 0.3) is 17.0 Å². The number of hydrogen-bond acceptors (Lipinski definition) is 6. The molecule has 1 atom stereocenters. The van der Waals surface area contributed by atoms with E-state index in [4.69, 9.17) is 9.47 Å². The van der Waals surface area contributed by atoms with Gasteiger partial charge in [-0.2, -0.15) is 0 Å². The highest BCUT2D eigenvalue weighted by atomic mass is 16.5. The number of methoxy groups -OCH3 is 1. The molecule has 0 saturated heterocycles. The number of nitrogens with zero attached hydrogens (tertiary/aromatic N) is 1. The van der Waals surface area contributed by atoms with Gasteiger partial charge in [-0.3, -0.25) is 14.6 Å². The molecule has 0 amide bonds. The molecule has 27 heavy (non-hydrogen) atoms. The molecule has 1 aliphatic carbocycles. The molecule has 0 fully saturated rings. The maximum Gasteiger partial charge on any atom is 0.342 e. The van der Waals surface area contributed by atoms with Crippen molar-refractivity contribution in [1.82, 2.24) is 4.98 Å². The summed E-state index contributed by atoms with van der Waals surface area (Å²) >= 11 is 0. The molecule has 0 saturated carbocycles. The van der Waals surface area contributed by atoms with E-state index in [1.807, 2.05) is 30.3 Å². The van der Waals surface area contributed by atoms with Crippen LogP contribution in [0.15, 0.2) is 53.2 Å². The molecular weight excluding hydrogens is 346 g/mol. The van der Waals surface area contributed by atoms with Gasteiger partial charge in [0.1, 0.15) is 11.5 Å². The fourth-order valence-electron chi connectivity index (χ4n) is 3.27. The molecule has 1 aliphatic rings. The Morgan fingerprint density at radius 1 is 1.22 bits per heavy atom. The van der Waals surface area contributed by atoms with E-state index in [0.29, 0.717) is 16.7 Å². The summed E-state index contributed by atoms with van der Waals surface area (Å²) in [6, 6.07) is 9.29. The number of para-hydroxylation sites is 1. The average molecular weight is 365 g/mol. The minimum Gasteiger partial charge on any atom is -0.468 e. The summed E-state index contributed by atoms with van der Waals surface area (Å²) in [5.41, 5.74) is 1.80. The van der Waals surface area contributed by atoms with Crippen LogP contribution in [0.3, 0.4) is 0 Å². The normalized spacial score (nSPS) is 18.3. The summed E-state index contributed by atoms with van der Waals surface area (Å²) in [4.78, 5) is 41.9. The minimum atomic E-state index is -0.944. The number of carbonyl (C=O) groups is 3. The van der Waals surface area contributed by atoms with Crippen molar-refractivity contribution in [2.24, 2.45) is 5.92 Å². The first-order valence-corrected chi connectivity index (χ1v) is 8.55. The molecule has 2 aromatic rings. The molecule has 0 radical (unpaired) electrons. The van der Waals surface area contributed by atoms with E-state index in [-0.39, 0.29) is 17.8 Å². The predicted octanol–water partition coefficient (Wildman–Crippen LogP) is 2.87. The average Bonchev–Trinajstić information content (AvgIpc) is 2.91. The van der Waals surface area contributed by atoms with E-state index in [1.54, 1.807) is 26.1 Å². The van der Waals surface area contributed by atoms with Crippen LogP contribution in [-0.4, -0.2) is 36.4 Å². The quantitative estimate of drug-likeness (QED) is 0.471. The van der Waals surface area contributed by atoms with Gasteiger partial charge in [0.2, 0.25) is 0 Å². The van der Waals surface area contributed by atoms with E-state index in [1.165, 1.54) is 7.11 Å². The van der Waals surface area contributed by atoms with Crippen LogP contribution >= 0.6 is 0 Å². The summed E-state index contributed by atoms with van der Waals surface area (Å²) in [6.07, 6.45) is 3.27. The summed E-state index contributed by atoms with van der Waals surface area (Å²) in [6.45, 7) is 3.37. The third-order valence-corrected chi connectivity index (χ3v) is 4.52. The van der Waals surface area contributed by atoms with E-state index in [0.717, 1.165) is 5.39 Å². The Labute approximate surface area is 156 Å². The number of benzene rings is 1. The first-order valence-electron chi connectivity index (χ1n) is 8.55. The predicted molar refractivity (Wildman–Crippen MR) is 99.6 cm³/mol. The van der Waals surface area contributed by atoms with Crippen molar-refractivity contribution in [3.05, 3.63) is 58.8 Å². The zero-order valence-corrected chi connectivity index (χ0v) is 15.3. The second-order valence-electron chi connectivity index (χ2n) is 6.09. The standard InChI is InChI=1S/C21H19NO5/c1-4-27-21(25)17-12(2)16(20(24)26-3)15(19(17)23)11-14-8-5-7-13-9-6-10-22-18(13)14/h5-11,16H,4H2,1-3H3/b15-11-. The molecule has 1 aromatic carbocycles. The van der Waals surface area contributed by atoms with Gasteiger partial charge in [0.05, 0.1) is 19.2 Å². The fraction of sp³-hybridized carbons (Fsp3) is 0.238. The highest BCUT2D eigenvalue weighted by Gasteiger charge is 2.43. The van der Waals surface area contributed by atoms with Crippen molar-refractivity contribution in [3.63, 3.8) is 0 Å². The Kier molecular flexibility index (Phi) is 5.16. The summed E-state index contributed by atoms with van der Waals surface area (Å²) < 4.78 is 9.85. The second kappa shape index (κ2) is 7.53. The molecule has 0 N–H and O–H groups in total. The number of aromatic nitrogens is 1. The van der Waals surface area contributed by atoms with Crippen molar-refractivity contribution >= 4 is 34.7 Å². The van der Waals surface area contributed by atoms with E-state index >= 15 is 0 Å². The monoisotopic (exact) mass is 365 g/mol. The van der Waals surface area contributed by atoms with Crippen LogP contribution in [0.2, 0.25) is 0 Å². The molecule has 0 aliphatic heterocycles. The van der Waals surface area contributed by atoms with Gasteiger partial charge < -0.3 is 9.47 Å². The van der Waals surface area contributed by atoms with Crippen LogP contribution in [0.1, 0.15) is 19.4 Å². The first-order chi connectivity index (χ1) is 13.0. The SMILES string of the molecule is CCOC(=O)C1=C(C)C(C(=O)OC)/C(=C/c2cccc3cccnc23)C1=O. The van der Waals surface area contributed by atoms with Crippen molar-refractivity contribution in [2.75, 3.05) is 13.7 Å². The number of fused-ring (bicyclic) bond motifs is 1. The van der Waals surface area contributed by atoms with Crippen LogP contribution in [0, 0.1) is 5.92 Å². The van der Waals surface area contributed by atoms with Gasteiger partial charge in [-0.15, -0.1) is 0 Å². The number of ether oxygens (including phenoxy) is 2. The maximum atomic E-state index is 12.9. The number of carbonyl (C=O) groups excluding carboxylic acids is 3. The molecule has 1 unspecified atom stereocenters. The zero-order chi connectivity index (χ0) is 19.6. The smallest absolute Gasteiger partial charge is 0.342 e. The lowest BCUT2D eigenvalue weighted by Crippen LogP contribution is -2.18. The molecule has 1 heterocycles. The Bertz CT molecular complexity index is 997. The molecule has 0 spiro atoms. The highest BCUT2D eigenvalue weighted by molar-refractivity contribution is 6.30. The van der Waals surface area contributed by atoms with E-state index in [9.17, 15) is 14.4 Å². The first kappa shape index (κ1) is 18.5. The molecule has 1 aromatic heterocycles. The number of hydrogen-bond donors (Lipinski definition) is 0. The molecular formula is C21H19NO5. The Morgan fingerprint density at radius 3 is 2.67 bits per heavy atom. The number of Topliss-reactive ketones (excluding diaryl/α,β-unsaturated/α-hetero) is 1. The van der Waals surface area contributed by atoms with E-state index < -0.39 is 23.6 Å². The summed E-state index contributed by atoms with van der Waals surface area (Å²) in [5, 5.41) is 0.905. The number of rotatable bonds is 4. The summed E-state index contributed by atoms with van der Waals surface area (Å²) in [7, 11) is 1.25. The third kappa shape index (κ3) is 3.26. The topological polar surface area (TPSA) is 82.6 Å². The second-order valence-corrected chi connectivity index (χ2v) is 6.09. The third-order valence-electron chi connectivity index (χ3n) is 4.52. The molecule has 6 heteroatoms. The number of pyridine rings is 1. The zero-order valence-electron chi connectivity index (χ0n) is 15.3. The van der Waals surface area contributed by atoms with Crippen molar-refractivity contribution in [1.29, 1.82) is 0 Å². The molecule has 138 valence electrons. The van der Waals surface area contributed by atoms with Crippen molar-refractivity contribution in [3.8, 4) is 0 Å². The van der Waals surface area contributed by atoms with Crippen LogP contribution in [0.4, 0.5) is 0 Å². The maximum absolute atomic E-state index is 12.9. The Hall–Kier alpha value is -3.28. The molecule has 6 nitrogen and oxygen atoms in total. The van der Waals surface area contributed by atoms with Gasteiger partial charge in [-0.05, 0) is 31.6 Å².